The first-order chi connectivity index (χ1) is 13.8. The van der Waals surface area contributed by atoms with Gasteiger partial charge in [0.05, 0.1) is 6.26 Å². The van der Waals surface area contributed by atoms with Crippen LogP contribution in [0.15, 0.2) is 29.3 Å². The van der Waals surface area contributed by atoms with Gasteiger partial charge in [0.2, 0.25) is 10.0 Å². The van der Waals surface area contributed by atoms with Crippen LogP contribution in [0.5, 0.6) is 0 Å². The van der Waals surface area contributed by atoms with Gasteiger partial charge in [-0.15, -0.1) is 24.0 Å². The second kappa shape index (κ2) is 11.6. The average molecular weight is 550 g/mol. The molecule has 30 heavy (non-hydrogen) atoms. The van der Waals surface area contributed by atoms with E-state index >= 15 is 0 Å². The van der Waals surface area contributed by atoms with Gasteiger partial charge in [-0.2, -0.15) is 0 Å². The number of nitrogens with one attached hydrogen (secondary N) is 1. The maximum Gasteiger partial charge on any atom is 0.211 e. The summed E-state index contributed by atoms with van der Waals surface area (Å²) in [6.45, 7) is 9.25. The Balaban J connectivity index is 0.00000320. The highest BCUT2D eigenvalue weighted by molar-refractivity contribution is 14.0. The molecule has 2 saturated heterocycles. The third-order valence-corrected chi connectivity index (χ3v) is 7.27. The first-order valence-electron chi connectivity index (χ1n) is 10.5. The lowest BCUT2D eigenvalue weighted by Gasteiger charge is -2.37. The van der Waals surface area contributed by atoms with Crippen molar-refractivity contribution in [3.63, 3.8) is 0 Å². The number of halogens is 1. The van der Waals surface area contributed by atoms with Crippen LogP contribution in [0.2, 0.25) is 0 Å². The van der Waals surface area contributed by atoms with Crippen molar-refractivity contribution in [2.45, 2.75) is 26.3 Å². The SMILES string of the molecule is CN=C(NCC1CCN(S(C)(=O)=O)CC1)N1CCN(Cc2cccc(C)c2)CC1.I. The molecule has 0 spiro atoms. The Bertz CT molecular complexity index is 801. The van der Waals surface area contributed by atoms with E-state index in [2.05, 4.69) is 51.3 Å². The Hall–Kier alpha value is -0.910. The summed E-state index contributed by atoms with van der Waals surface area (Å²) in [6, 6.07) is 8.74. The largest absolute Gasteiger partial charge is 0.356 e. The summed E-state index contributed by atoms with van der Waals surface area (Å²) in [5.74, 6) is 1.46. The van der Waals surface area contributed by atoms with Crippen molar-refractivity contribution in [3.8, 4) is 0 Å². The molecule has 0 bridgehead atoms. The second-order valence-corrected chi connectivity index (χ2v) is 10.3. The highest BCUT2D eigenvalue weighted by atomic mass is 127. The van der Waals surface area contributed by atoms with E-state index in [0.717, 1.165) is 58.1 Å². The van der Waals surface area contributed by atoms with Crippen molar-refractivity contribution in [1.82, 2.24) is 19.4 Å². The van der Waals surface area contributed by atoms with Crippen molar-refractivity contribution >= 4 is 40.0 Å². The first kappa shape index (κ1) is 25.4. The molecule has 1 N–H and O–H groups in total. The number of hydrogen-bond donors (Lipinski definition) is 1. The quantitative estimate of drug-likeness (QED) is 0.346. The van der Waals surface area contributed by atoms with E-state index in [4.69, 9.17) is 0 Å². The topological polar surface area (TPSA) is 68.2 Å². The van der Waals surface area contributed by atoms with Crippen LogP contribution < -0.4 is 5.32 Å². The maximum atomic E-state index is 11.7. The molecule has 7 nitrogen and oxygen atoms in total. The van der Waals surface area contributed by atoms with E-state index in [9.17, 15) is 8.42 Å². The summed E-state index contributed by atoms with van der Waals surface area (Å²) in [5.41, 5.74) is 2.69. The zero-order valence-corrected chi connectivity index (χ0v) is 21.5. The number of aliphatic imine (C=N–C) groups is 1. The van der Waals surface area contributed by atoms with Crippen LogP contribution in [0.3, 0.4) is 0 Å². The van der Waals surface area contributed by atoms with Gasteiger partial charge in [0.1, 0.15) is 0 Å². The number of nitrogens with zero attached hydrogens (tertiary/aromatic N) is 4. The third kappa shape index (κ3) is 7.35. The minimum absolute atomic E-state index is 0. The van der Waals surface area contributed by atoms with E-state index < -0.39 is 10.0 Å². The van der Waals surface area contributed by atoms with Crippen LogP contribution in [-0.4, -0.2) is 87.6 Å². The number of hydrogen-bond acceptors (Lipinski definition) is 4. The minimum atomic E-state index is -3.06. The van der Waals surface area contributed by atoms with Gasteiger partial charge < -0.3 is 10.2 Å². The Morgan fingerprint density at radius 2 is 1.80 bits per heavy atom. The molecule has 0 aromatic heterocycles. The number of guanidine groups is 1. The highest BCUT2D eigenvalue weighted by Crippen LogP contribution is 2.18. The van der Waals surface area contributed by atoms with E-state index in [0.29, 0.717) is 19.0 Å². The van der Waals surface area contributed by atoms with Gasteiger partial charge in [0.25, 0.3) is 0 Å². The second-order valence-electron chi connectivity index (χ2n) is 8.29. The normalized spacial score (nSPS) is 20.1. The van der Waals surface area contributed by atoms with Gasteiger partial charge in [0.15, 0.2) is 5.96 Å². The van der Waals surface area contributed by atoms with Gasteiger partial charge in [-0.25, -0.2) is 12.7 Å². The predicted molar refractivity (Wildman–Crippen MR) is 134 cm³/mol. The molecule has 1 aromatic rings. The Morgan fingerprint density at radius 1 is 1.13 bits per heavy atom. The Labute approximate surface area is 199 Å². The molecule has 0 aliphatic carbocycles. The van der Waals surface area contributed by atoms with E-state index in [1.807, 2.05) is 7.05 Å². The molecule has 3 rings (SSSR count). The number of piperidine rings is 1. The van der Waals surface area contributed by atoms with Gasteiger partial charge in [0, 0.05) is 59.4 Å². The zero-order valence-electron chi connectivity index (χ0n) is 18.4. The fraction of sp³-hybridized carbons (Fsp3) is 0.667. The Morgan fingerprint density at radius 3 is 2.37 bits per heavy atom. The number of benzene rings is 1. The number of aryl methyl sites for hydroxylation is 1. The predicted octanol–water partition coefficient (Wildman–Crippen LogP) is 1.98. The van der Waals surface area contributed by atoms with Gasteiger partial charge in [-0.3, -0.25) is 9.89 Å². The van der Waals surface area contributed by atoms with Crippen molar-refractivity contribution in [2.24, 2.45) is 10.9 Å². The van der Waals surface area contributed by atoms with Gasteiger partial charge in [-0.05, 0) is 31.2 Å². The molecule has 0 atom stereocenters. The molecule has 0 radical (unpaired) electrons. The molecule has 2 aliphatic heterocycles. The van der Waals surface area contributed by atoms with Crippen LogP contribution in [0.25, 0.3) is 0 Å². The molecule has 0 saturated carbocycles. The van der Waals surface area contributed by atoms with Crippen molar-refractivity contribution in [1.29, 1.82) is 0 Å². The molecule has 2 fully saturated rings. The lowest BCUT2D eigenvalue weighted by Crippen LogP contribution is -2.53. The number of sulfonamides is 1. The molecular formula is C21H36IN5O2S. The maximum absolute atomic E-state index is 11.7. The van der Waals surface area contributed by atoms with Crippen LogP contribution in [-0.2, 0) is 16.6 Å². The van der Waals surface area contributed by atoms with Crippen LogP contribution in [0, 0.1) is 12.8 Å². The summed E-state index contributed by atoms with van der Waals surface area (Å²) < 4.78 is 24.9. The molecule has 170 valence electrons. The summed E-state index contributed by atoms with van der Waals surface area (Å²) in [7, 11) is -1.22. The Kier molecular flexibility index (Phi) is 9.83. The molecule has 1 aromatic carbocycles. The summed E-state index contributed by atoms with van der Waals surface area (Å²) in [5, 5.41) is 3.52. The fourth-order valence-corrected chi connectivity index (χ4v) is 5.07. The molecular weight excluding hydrogens is 513 g/mol. The zero-order chi connectivity index (χ0) is 20.9. The number of piperazine rings is 1. The highest BCUT2D eigenvalue weighted by Gasteiger charge is 2.26. The van der Waals surface area contributed by atoms with Crippen molar-refractivity contribution in [2.75, 3.05) is 59.1 Å². The summed E-state index contributed by atoms with van der Waals surface area (Å²) in [6.07, 6.45) is 3.11. The minimum Gasteiger partial charge on any atom is -0.356 e. The van der Waals surface area contributed by atoms with E-state index in [-0.39, 0.29) is 24.0 Å². The monoisotopic (exact) mass is 549 g/mol. The van der Waals surface area contributed by atoms with Gasteiger partial charge >= 0.3 is 0 Å². The molecule has 0 unspecified atom stereocenters. The molecule has 9 heteroatoms. The third-order valence-electron chi connectivity index (χ3n) is 5.96. The van der Waals surface area contributed by atoms with Crippen molar-refractivity contribution in [3.05, 3.63) is 35.4 Å². The summed E-state index contributed by atoms with van der Waals surface area (Å²) >= 11 is 0. The number of rotatable bonds is 5. The standard InChI is InChI=1S/C21H35N5O2S.HI/c1-18-5-4-6-20(15-18)17-24-11-13-25(14-12-24)21(22-2)23-16-19-7-9-26(10-8-19)29(3,27)28;/h4-6,15,19H,7-14,16-17H2,1-3H3,(H,22,23);1H. The van der Waals surface area contributed by atoms with Crippen LogP contribution in [0.4, 0.5) is 0 Å². The van der Waals surface area contributed by atoms with Crippen LogP contribution in [0.1, 0.15) is 24.0 Å². The fourth-order valence-electron chi connectivity index (χ4n) is 4.20. The first-order valence-corrected chi connectivity index (χ1v) is 12.4. The van der Waals surface area contributed by atoms with E-state index in [1.165, 1.54) is 17.4 Å². The lowest BCUT2D eigenvalue weighted by atomic mass is 9.98. The smallest absolute Gasteiger partial charge is 0.211 e. The average Bonchev–Trinajstić information content (AvgIpc) is 2.69. The van der Waals surface area contributed by atoms with E-state index in [1.54, 1.807) is 4.31 Å². The summed E-state index contributed by atoms with van der Waals surface area (Å²) in [4.78, 5) is 9.31. The molecule has 2 aliphatic rings. The molecule has 2 heterocycles. The lowest BCUT2D eigenvalue weighted by molar-refractivity contribution is 0.171. The molecule has 0 amide bonds. The van der Waals surface area contributed by atoms with Gasteiger partial charge in [-0.1, -0.05) is 29.8 Å². The van der Waals surface area contributed by atoms with Crippen LogP contribution >= 0.6 is 24.0 Å². The van der Waals surface area contributed by atoms with Crippen molar-refractivity contribution < 1.29 is 8.42 Å².